The van der Waals surface area contributed by atoms with Crippen LogP contribution in [0, 0.1) is 14.9 Å². The summed E-state index contributed by atoms with van der Waals surface area (Å²) in [6, 6.07) is 0. The molecule has 0 nitrogen and oxygen atoms in total. The molecule has 0 N–H and O–H groups in total. The van der Waals surface area contributed by atoms with Crippen LogP contribution in [-0.4, -0.2) is 6.66 Å². The second kappa shape index (κ2) is 153. The predicted molar refractivity (Wildman–Crippen MR) is 110 cm³/mol. The maximum atomic E-state index is 4.16. The first-order chi connectivity index (χ1) is 3.41. The van der Waals surface area contributed by atoms with E-state index in [1.807, 2.05) is 6.66 Å². The van der Waals surface area contributed by atoms with Gasteiger partial charge in [0.2, 0.25) is 0 Å². The number of hydrogen-bond donors (Lipinski definition) is 0. The Bertz CT molecular complexity index is 35.6. The van der Waals surface area contributed by atoms with Gasteiger partial charge in [-0.2, -0.15) is 9.90 Å². The maximum Gasteiger partial charge on any atom is 1.00 e. The topological polar surface area (TPSA) is 0 Å². The van der Waals surface area contributed by atoms with Crippen molar-refractivity contribution in [3.8, 4) is 0 Å². The Hall–Kier alpha value is 5.73. The first-order valence-electron chi connectivity index (χ1n) is 0.919. The van der Waals surface area contributed by atoms with Crippen LogP contribution in [-0.2, 0) is 21.2 Å². The minimum absolute atomic E-state index is 0. The van der Waals surface area contributed by atoms with E-state index in [2.05, 4.69) is 62.7 Å². The third-order valence-electron chi connectivity index (χ3n) is 0. The minimum atomic E-state index is 0. The summed E-state index contributed by atoms with van der Waals surface area (Å²) >= 11 is 10.2. The maximum absolute atomic E-state index is 4.16. The van der Waals surface area contributed by atoms with Crippen molar-refractivity contribution in [3.63, 3.8) is 0 Å². The Labute approximate surface area is 200 Å². The van der Waals surface area contributed by atoms with Crippen molar-refractivity contribution >= 4 is 80.2 Å². The first kappa shape index (κ1) is 85.3. The van der Waals surface area contributed by atoms with Crippen LogP contribution < -0.4 is 51.4 Å². The van der Waals surface area contributed by atoms with E-state index in [4.69, 9.17) is 0 Å². The molecule has 0 aromatic carbocycles. The van der Waals surface area contributed by atoms with E-state index in [-0.39, 0.29) is 107 Å². The minimum Gasteiger partial charge on any atom is 1.00 e. The molecular weight excluding hydrogens is 693 g/mol. The summed E-state index contributed by atoms with van der Waals surface area (Å²) in [4.78, 5) is 0. The van der Waals surface area contributed by atoms with Gasteiger partial charge in [0.1, 0.15) is 0 Å². The molecule has 0 aromatic heterocycles. The summed E-state index contributed by atoms with van der Waals surface area (Å²) in [6.07, 6.45) is 0. The summed E-state index contributed by atoms with van der Waals surface area (Å²) < 4.78 is 0. The number of halogens is 3. The van der Waals surface area contributed by atoms with Gasteiger partial charge in [0.25, 0.3) is 0 Å². The zero-order valence-electron chi connectivity index (χ0n) is 8.02. The monoisotopic (exact) mass is 723 g/mol. The van der Waals surface area contributed by atoms with Crippen LogP contribution in [0.15, 0.2) is 0 Å². The van der Waals surface area contributed by atoms with Crippen LogP contribution in [0.4, 0.5) is 0 Å². The molecule has 0 bridgehead atoms. The fourth-order valence-corrected chi connectivity index (χ4v) is 0. The quantitative estimate of drug-likeness (QED) is 0.155. The fourth-order valence-electron chi connectivity index (χ4n) is 0. The molecule has 0 fully saturated rings. The second-order valence-electron chi connectivity index (χ2n) is 0.0431. The van der Waals surface area contributed by atoms with E-state index >= 15 is 0 Å². The van der Waals surface area contributed by atoms with Crippen LogP contribution in [0.1, 0.15) is 31.1 Å². The molecule has 0 aliphatic rings. The Morgan fingerprint density at radius 1 is 0.933 bits per heavy atom. The Balaban J connectivity index is -0.00000000119. The van der Waals surface area contributed by atoms with Gasteiger partial charge in [-0.25, -0.2) is 0 Å². The second-order valence-corrected chi connectivity index (χ2v) is 7.99. The molecular formula is C7H31Cu2I3KP2-. The zero-order valence-corrected chi connectivity index (χ0v) is 21.1. The van der Waals surface area contributed by atoms with Gasteiger partial charge in [-0.15, -0.1) is 9.24 Å². The summed E-state index contributed by atoms with van der Waals surface area (Å²) in [5.41, 5.74) is 0. The van der Waals surface area contributed by atoms with Gasteiger partial charge in [0.05, 0.1) is 0 Å². The number of hydrogen-bond acceptors (Lipinski definition) is 0. The molecule has 114 valence electrons. The molecule has 0 saturated heterocycles. The Morgan fingerprint density at radius 2 is 0.933 bits per heavy atom. The molecule has 0 aliphatic carbocycles. The van der Waals surface area contributed by atoms with E-state index < -0.39 is 0 Å². The predicted octanol–water partition coefficient (Wildman–Crippen LogP) is 3.76. The molecule has 0 radical (unpaired) electrons. The molecule has 0 heterocycles. The third kappa shape index (κ3) is 189. The van der Waals surface area contributed by atoms with Crippen molar-refractivity contribution in [2.75, 3.05) is 6.66 Å². The van der Waals surface area contributed by atoms with Crippen molar-refractivity contribution in [1.29, 1.82) is 0 Å². The molecule has 2 unspecified atom stereocenters. The van der Waals surface area contributed by atoms with Gasteiger partial charge in [0.15, 0.2) is 0 Å². The largest absolute Gasteiger partial charge is 1.00 e. The van der Waals surface area contributed by atoms with E-state index in [1.54, 1.807) is 28.8 Å². The van der Waals surface area contributed by atoms with Gasteiger partial charge in [-0.1, -0.05) is 36.4 Å². The summed E-state index contributed by atoms with van der Waals surface area (Å²) in [6.45, 7) is 1.92. The molecule has 8 heteroatoms. The first-order valence-corrected chi connectivity index (χ1v) is 11.2. The fraction of sp³-hybridized carbons (Fsp3) is 0.714. The van der Waals surface area contributed by atoms with Gasteiger partial charge in [-0.05, 0) is 0 Å². The average molecular weight is 724 g/mol. The van der Waals surface area contributed by atoms with Crippen LogP contribution in [0.2, 0.25) is 0 Å². The van der Waals surface area contributed by atoms with Gasteiger partial charge in [0, 0.05) is 0 Å². The van der Waals surface area contributed by atoms with E-state index in [0.29, 0.717) is 0 Å². The SMILES string of the molecule is C.C.C.C.CP.P.[CH3-].[CH3-].[Cu+][I].[H-].[I][Cu][I].[K+]. The van der Waals surface area contributed by atoms with Gasteiger partial charge >= 0.3 is 134 Å². The van der Waals surface area contributed by atoms with E-state index in [0.717, 1.165) is 0 Å². The molecule has 0 aromatic rings. The van der Waals surface area contributed by atoms with E-state index in [9.17, 15) is 0 Å². The van der Waals surface area contributed by atoms with Gasteiger partial charge < -0.3 is 16.3 Å². The number of rotatable bonds is 0. The van der Waals surface area contributed by atoms with Crippen LogP contribution in [0.25, 0.3) is 0 Å². The standard InChI is InChI=1S/CH5P.4CH4.2CH3.2Cu.3HI.K.H3P.H/c1-2;;;;;;;;;;;;;;/h2H2,1H3;4*1H4;2*1H3;;;3*1H;;1H3;/q;;;;;2*-1;2*+2;;;;+1;;-1/p-3. The van der Waals surface area contributed by atoms with Crippen molar-refractivity contribution < 1.29 is 74.0 Å². The molecule has 15 heavy (non-hydrogen) atoms. The zero-order chi connectivity index (χ0) is 6.71. The Kier molecular flexibility index (Phi) is 869. The van der Waals surface area contributed by atoms with E-state index in [1.165, 1.54) is 0 Å². The Morgan fingerprint density at radius 3 is 0.933 bits per heavy atom. The molecule has 0 saturated carbocycles. The van der Waals surface area contributed by atoms with Crippen molar-refractivity contribution in [1.82, 2.24) is 0 Å². The normalized spacial score (nSPS) is 2.33. The van der Waals surface area contributed by atoms with Crippen LogP contribution >= 0.6 is 80.2 Å². The van der Waals surface area contributed by atoms with Crippen molar-refractivity contribution in [2.45, 2.75) is 29.7 Å². The molecule has 2 atom stereocenters. The summed E-state index contributed by atoms with van der Waals surface area (Å²) in [7, 11) is 4.17. The summed E-state index contributed by atoms with van der Waals surface area (Å²) in [5, 5.41) is 0. The smallest absolute Gasteiger partial charge is 1.00 e. The van der Waals surface area contributed by atoms with Crippen molar-refractivity contribution in [2.24, 2.45) is 0 Å². The molecule has 0 amide bonds. The summed E-state index contributed by atoms with van der Waals surface area (Å²) in [5.74, 6) is 0. The van der Waals surface area contributed by atoms with Crippen LogP contribution in [0.3, 0.4) is 0 Å². The third-order valence-corrected chi connectivity index (χ3v) is 0. The van der Waals surface area contributed by atoms with Crippen molar-refractivity contribution in [3.05, 3.63) is 14.9 Å². The van der Waals surface area contributed by atoms with Crippen LogP contribution in [0.5, 0.6) is 0 Å². The molecule has 0 spiro atoms. The molecule has 0 rings (SSSR count). The molecule has 0 aliphatic heterocycles. The average Bonchev–Trinajstić information content (AvgIpc) is 1.78. The van der Waals surface area contributed by atoms with Gasteiger partial charge in [-0.3, -0.25) is 0 Å².